The molecule has 0 aromatic heterocycles. The molecule has 2 aromatic carbocycles. The minimum atomic E-state index is 0.459. The molecule has 19 heavy (non-hydrogen) atoms. The minimum absolute atomic E-state index is 0.459. The van der Waals surface area contributed by atoms with Gasteiger partial charge in [0.15, 0.2) is 0 Å². The van der Waals surface area contributed by atoms with Crippen molar-refractivity contribution in [1.29, 1.82) is 0 Å². The summed E-state index contributed by atoms with van der Waals surface area (Å²) < 4.78 is 5.92. The van der Waals surface area contributed by atoms with E-state index in [1.165, 1.54) is 10.5 Å². The highest BCUT2D eigenvalue weighted by Gasteiger charge is 2.23. The quantitative estimate of drug-likeness (QED) is 0.861. The van der Waals surface area contributed by atoms with Crippen molar-refractivity contribution in [2.45, 2.75) is 17.7 Å². The van der Waals surface area contributed by atoms with Crippen molar-refractivity contribution in [2.24, 2.45) is 0 Å². The van der Waals surface area contributed by atoms with Crippen LogP contribution in [0.2, 0.25) is 0 Å². The smallest absolute Gasteiger partial charge is 0.142 e. The summed E-state index contributed by atoms with van der Waals surface area (Å²) in [7, 11) is 0. The van der Waals surface area contributed by atoms with Gasteiger partial charge in [0, 0.05) is 16.6 Å². The number of para-hydroxylation sites is 1. The maximum absolute atomic E-state index is 6.03. The van der Waals surface area contributed by atoms with Gasteiger partial charge >= 0.3 is 0 Å². The van der Waals surface area contributed by atoms with Gasteiger partial charge in [-0.3, -0.25) is 0 Å². The van der Waals surface area contributed by atoms with E-state index in [-0.39, 0.29) is 0 Å². The molecule has 2 aromatic rings. The fraction of sp³-hybridized carbons (Fsp3) is 0.250. The van der Waals surface area contributed by atoms with Gasteiger partial charge in [-0.05, 0) is 30.2 Å². The Balaban J connectivity index is 1.73. The molecule has 1 unspecified atom stereocenters. The van der Waals surface area contributed by atoms with Crippen molar-refractivity contribution in [3.8, 4) is 5.75 Å². The van der Waals surface area contributed by atoms with Crippen molar-refractivity contribution in [1.82, 2.24) is 0 Å². The second-order valence-corrected chi connectivity index (χ2v) is 5.91. The van der Waals surface area contributed by atoms with Gasteiger partial charge in [-0.1, -0.05) is 30.3 Å². The Bertz CT molecular complexity index is 597. The number of fused-ring (bicyclic) bond motifs is 1. The topological polar surface area (TPSA) is 35.2 Å². The number of ether oxygens (including phenoxy) is 1. The number of thioether (sulfide) groups is 1. The number of anilines is 1. The highest BCUT2D eigenvalue weighted by molar-refractivity contribution is 7.99. The molecule has 1 heterocycles. The van der Waals surface area contributed by atoms with Crippen LogP contribution in [0.5, 0.6) is 5.75 Å². The minimum Gasteiger partial charge on any atom is -0.491 e. The van der Waals surface area contributed by atoms with E-state index in [1.807, 2.05) is 36.9 Å². The Morgan fingerprint density at radius 1 is 1.21 bits per heavy atom. The van der Waals surface area contributed by atoms with Crippen LogP contribution in [0.3, 0.4) is 0 Å². The summed E-state index contributed by atoms with van der Waals surface area (Å²) in [5.74, 6) is 2.35. The van der Waals surface area contributed by atoms with Crippen LogP contribution in [-0.4, -0.2) is 12.4 Å². The predicted molar refractivity (Wildman–Crippen MR) is 81.0 cm³/mol. The van der Waals surface area contributed by atoms with Crippen LogP contribution in [0.1, 0.15) is 17.0 Å². The number of aryl methyl sites for hydroxylation is 1. The van der Waals surface area contributed by atoms with E-state index in [0.717, 1.165) is 22.8 Å². The lowest BCUT2D eigenvalue weighted by atomic mass is 10.0. The van der Waals surface area contributed by atoms with Gasteiger partial charge in [-0.15, -0.1) is 11.8 Å². The Labute approximate surface area is 118 Å². The first-order chi connectivity index (χ1) is 9.25. The summed E-state index contributed by atoms with van der Waals surface area (Å²) in [6.07, 6.45) is 0. The molecule has 0 fully saturated rings. The Kier molecular flexibility index (Phi) is 3.38. The summed E-state index contributed by atoms with van der Waals surface area (Å²) in [6, 6.07) is 14.5. The fourth-order valence-electron chi connectivity index (χ4n) is 2.34. The van der Waals surface area contributed by atoms with Crippen LogP contribution in [0.25, 0.3) is 0 Å². The van der Waals surface area contributed by atoms with Crippen LogP contribution < -0.4 is 10.5 Å². The average molecular weight is 271 g/mol. The highest BCUT2D eigenvalue weighted by atomic mass is 32.2. The summed E-state index contributed by atoms with van der Waals surface area (Å²) in [4.78, 5) is 1.38. The molecule has 3 rings (SSSR count). The van der Waals surface area contributed by atoms with Crippen molar-refractivity contribution >= 4 is 17.4 Å². The highest BCUT2D eigenvalue weighted by Crippen LogP contribution is 2.39. The van der Waals surface area contributed by atoms with E-state index < -0.39 is 0 Å². The zero-order valence-corrected chi connectivity index (χ0v) is 11.7. The zero-order valence-electron chi connectivity index (χ0n) is 10.9. The molecule has 0 amide bonds. The third-order valence-corrected chi connectivity index (χ3v) is 4.77. The van der Waals surface area contributed by atoms with Crippen LogP contribution in [-0.2, 0) is 0 Å². The van der Waals surface area contributed by atoms with Gasteiger partial charge in [0.25, 0.3) is 0 Å². The standard InChI is InChI=1S/C16H17NOS/c1-11-5-4-7-14(16(11)17)18-9-12-10-19-15-8-3-2-6-13(12)15/h2-8,12H,9-10,17H2,1H3. The third kappa shape index (κ3) is 2.43. The van der Waals surface area contributed by atoms with E-state index >= 15 is 0 Å². The molecular formula is C16H17NOS. The fourth-order valence-corrected chi connectivity index (χ4v) is 3.57. The molecule has 0 spiro atoms. The molecule has 2 N–H and O–H groups in total. The first-order valence-corrected chi connectivity index (χ1v) is 7.44. The van der Waals surface area contributed by atoms with Crippen molar-refractivity contribution in [3.05, 3.63) is 53.6 Å². The maximum Gasteiger partial charge on any atom is 0.142 e. The van der Waals surface area contributed by atoms with E-state index in [9.17, 15) is 0 Å². The lowest BCUT2D eigenvalue weighted by Crippen LogP contribution is -2.10. The van der Waals surface area contributed by atoms with E-state index in [0.29, 0.717) is 12.5 Å². The lowest BCUT2D eigenvalue weighted by molar-refractivity contribution is 0.299. The Morgan fingerprint density at radius 2 is 2.05 bits per heavy atom. The van der Waals surface area contributed by atoms with Crippen LogP contribution in [0.15, 0.2) is 47.4 Å². The lowest BCUT2D eigenvalue weighted by Gasteiger charge is -2.14. The summed E-state index contributed by atoms with van der Waals surface area (Å²) in [5.41, 5.74) is 9.25. The van der Waals surface area contributed by atoms with Gasteiger partial charge in [-0.2, -0.15) is 0 Å². The number of rotatable bonds is 3. The number of nitrogens with two attached hydrogens (primary N) is 1. The average Bonchev–Trinajstić information content (AvgIpc) is 2.84. The van der Waals surface area contributed by atoms with Crippen LogP contribution in [0.4, 0.5) is 5.69 Å². The molecular weight excluding hydrogens is 254 g/mol. The van der Waals surface area contributed by atoms with E-state index in [4.69, 9.17) is 10.5 Å². The molecule has 0 radical (unpaired) electrons. The molecule has 1 aliphatic rings. The third-order valence-electron chi connectivity index (χ3n) is 3.52. The van der Waals surface area contributed by atoms with Crippen LogP contribution in [0, 0.1) is 6.92 Å². The number of nitrogen functional groups attached to an aromatic ring is 1. The van der Waals surface area contributed by atoms with Gasteiger partial charge < -0.3 is 10.5 Å². The molecule has 0 aliphatic carbocycles. The van der Waals surface area contributed by atoms with Gasteiger partial charge in [0.1, 0.15) is 5.75 Å². The van der Waals surface area contributed by atoms with Crippen LogP contribution >= 0.6 is 11.8 Å². The number of hydrogen-bond donors (Lipinski definition) is 1. The number of hydrogen-bond acceptors (Lipinski definition) is 3. The molecule has 1 atom stereocenters. The Hall–Kier alpha value is -1.61. The molecule has 0 saturated heterocycles. The zero-order chi connectivity index (χ0) is 13.2. The first-order valence-electron chi connectivity index (χ1n) is 6.45. The summed E-state index contributed by atoms with van der Waals surface area (Å²) in [5, 5.41) is 0. The molecule has 0 bridgehead atoms. The van der Waals surface area contributed by atoms with Gasteiger partial charge in [0.2, 0.25) is 0 Å². The van der Waals surface area contributed by atoms with Gasteiger partial charge in [0.05, 0.1) is 12.3 Å². The molecule has 98 valence electrons. The SMILES string of the molecule is Cc1cccc(OCC2CSc3ccccc32)c1N. The molecule has 1 aliphatic heterocycles. The summed E-state index contributed by atoms with van der Waals surface area (Å²) in [6.45, 7) is 2.70. The van der Waals surface area contributed by atoms with E-state index in [1.54, 1.807) is 0 Å². The second kappa shape index (κ2) is 5.17. The molecule has 2 nitrogen and oxygen atoms in total. The van der Waals surface area contributed by atoms with Crippen molar-refractivity contribution in [2.75, 3.05) is 18.1 Å². The molecule has 3 heteroatoms. The van der Waals surface area contributed by atoms with Crippen molar-refractivity contribution < 1.29 is 4.74 Å². The van der Waals surface area contributed by atoms with E-state index in [2.05, 4.69) is 24.3 Å². The summed E-state index contributed by atoms with van der Waals surface area (Å²) >= 11 is 1.91. The van der Waals surface area contributed by atoms with Crippen molar-refractivity contribution in [3.63, 3.8) is 0 Å². The normalized spacial score (nSPS) is 17.2. The Morgan fingerprint density at radius 3 is 2.95 bits per heavy atom. The molecule has 0 saturated carbocycles. The second-order valence-electron chi connectivity index (χ2n) is 4.84. The maximum atomic E-state index is 6.03. The monoisotopic (exact) mass is 271 g/mol. The largest absolute Gasteiger partial charge is 0.491 e. The predicted octanol–water partition coefficient (Wildman–Crippen LogP) is 3.85. The number of benzene rings is 2. The first kappa shape index (κ1) is 12.4. The van der Waals surface area contributed by atoms with Gasteiger partial charge in [-0.25, -0.2) is 0 Å².